The van der Waals surface area contributed by atoms with Crippen molar-refractivity contribution in [2.45, 2.75) is 57.5 Å². The molecule has 0 bridgehead atoms. The summed E-state index contributed by atoms with van der Waals surface area (Å²) >= 11 is 0. The Balaban J connectivity index is 1.31. The van der Waals surface area contributed by atoms with Crippen LogP contribution >= 0.6 is 0 Å². The zero-order valence-electron chi connectivity index (χ0n) is 23.6. The average molecular weight is 564 g/mol. The Labute approximate surface area is 240 Å². The molecule has 0 radical (unpaired) electrons. The van der Waals surface area contributed by atoms with E-state index in [0.717, 1.165) is 67.0 Å². The van der Waals surface area contributed by atoms with Crippen LogP contribution in [0.5, 0.6) is 11.6 Å². The molecule has 1 aliphatic carbocycles. The lowest BCUT2D eigenvalue weighted by Crippen LogP contribution is -2.36. The van der Waals surface area contributed by atoms with Crippen LogP contribution < -0.4 is 9.47 Å². The second kappa shape index (κ2) is 12.0. The van der Waals surface area contributed by atoms with Gasteiger partial charge in [-0.25, -0.2) is 9.37 Å². The first kappa shape index (κ1) is 28.0. The first-order valence-electron chi connectivity index (χ1n) is 14.6. The van der Waals surface area contributed by atoms with E-state index in [1.54, 1.807) is 6.07 Å². The molecule has 1 saturated carbocycles. The number of hydrogen-bond donors (Lipinski definition) is 2. The number of aryl methyl sites for hydroxylation is 1. The summed E-state index contributed by atoms with van der Waals surface area (Å²) in [5.74, 6) is 1.03. The normalized spacial score (nSPS) is 20.8. The van der Waals surface area contributed by atoms with Gasteiger partial charge in [-0.3, -0.25) is 9.88 Å². The SMILES string of the molecule is COc1cc(-c2ccc(C3CCc4ccc([C@H](C5CC5)[C@H](C)C(O)O)cc4O3)nc2CN2CCOCC2)c(F)cn1. The third kappa shape index (κ3) is 6.09. The Morgan fingerprint density at radius 1 is 1.07 bits per heavy atom. The number of aliphatic hydroxyl groups is 2. The molecule has 218 valence electrons. The third-order valence-electron chi connectivity index (χ3n) is 8.72. The van der Waals surface area contributed by atoms with Gasteiger partial charge >= 0.3 is 0 Å². The van der Waals surface area contributed by atoms with E-state index in [2.05, 4.69) is 28.1 Å². The molecule has 2 aromatic heterocycles. The molecule has 2 fully saturated rings. The quantitative estimate of drug-likeness (QED) is 0.364. The number of aromatic nitrogens is 2. The summed E-state index contributed by atoms with van der Waals surface area (Å²) in [5.41, 5.74) is 4.94. The molecule has 0 amide bonds. The summed E-state index contributed by atoms with van der Waals surface area (Å²) in [7, 11) is 1.52. The second-order valence-corrected chi connectivity index (χ2v) is 11.5. The molecule has 1 aromatic carbocycles. The van der Waals surface area contributed by atoms with Crippen molar-refractivity contribution < 1.29 is 28.8 Å². The topological polar surface area (TPSA) is 97.2 Å². The largest absolute Gasteiger partial charge is 0.484 e. The fourth-order valence-electron chi connectivity index (χ4n) is 6.22. The number of morpholine rings is 1. The average Bonchev–Trinajstić information content (AvgIpc) is 3.83. The minimum absolute atomic E-state index is 0.0778. The highest BCUT2D eigenvalue weighted by atomic mass is 19.1. The number of rotatable bonds is 9. The molecule has 1 saturated heterocycles. The molecule has 3 atom stereocenters. The van der Waals surface area contributed by atoms with E-state index in [0.29, 0.717) is 42.7 Å². The van der Waals surface area contributed by atoms with Crippen LogP contribution in [-0.4, -0.2) is 64.8 Å². The lowest BCUT2D eigenvalue weighted by molar-refractivity contribution is -0.0874. The van der Waals surface area contributed by atoms with Gasteiger partial charge in [-0.15, -0.1) is 0 Å². The standard InChI is InChI=1S/C32H38FN3O5/c1-19(32(37)38)31(21-4-5-21)22-6-3-20-7-10-28(41-29(20)15-22)26-9-8-23(24-16-30(39-2)34-17-25(24)33)27(35-26)18-36-11-13-40-14-12-36/h3,6,8-9,15-17,19,21,28,31-32,37-38H,4-5,7,10-14,18H2,1-2H3/t19-,28?,31-/m0/s1. The minimum atomic E-state index is -1.36. The van der Waals surface area contributed by atoms with Gasteiger partial charge in [0.05, 0.1) is 37.9 Å². The van der Waals surface area contributed by atoms with Crippen molar-refractivity contribution in [2.75, 3.05) is 33.4 Å². The van der Waals surface area contributed by atoms with Crippen molar-refractivity contribution in [2.24, 2.45) is 11.8 Å². The van der Waals surface area contributed by atoms with Crippen molar-refractivity contribution in [1.82, 2.24) is 14.9 Å². The molecule has 3 aliphatic rings. The van der Waals surface area contributed by atoms with E-state index >= 15 is 4.39 Å². The second-order valence-electron chi connectivity index (χ2n) is 11.5. The van der Waals surface area contributed by atoms with Crippen molar-refractivity contribution in [3.05, 3.63) is 70.9 Å². The molecule has 9 heteroatoms. The number of ether oxygens (including phenoxy) is 3. The van der Waals surface area contributed by atoms with E-state index < -0.39 is 12.1 Å². The Hall–Kier alpha value is -3.11. The Morgan fingerprint density at radius 3 is 2.61 bits per heavy atom. The van der Waals surface area contributed by atoms with Crippen LogP contribution in [-0.2, 0) is 17.7 Å². The fourth-order valence-corrected chi connectivity index (χ4v) is 6.22. The number of methoxy groups -OCH3 is 1. The summed E-state index contributed by atoms with van der Waals surface area (Å²) in [4.78, 5) is 11.4. The van der Waals surface area contributed by atoms with Crippen LogP contribution in [0, 0.1) is 17.7 Å². The van der Waals surface area contributed by atoms with Crippen LogP contribution in [0.2, 0.25) is 0 Å². The van der Waals surface area contributed by atoms with Gasteiger partial charge in [0, 0.05) is 42.7 Å². The van der Waals surface area contributed by atoms with E-state index in [9.17, 15) is 10.2 Å². The predicted octanol–water partition coefficient (Wildman–Crippen LogP) is 4.63. The number of halogens is 1. The maximum absolute atomic E-state index is 15.0. The van der Waals surface area contributed by atoms with Gasteiger partial charge in [0.25, 0.3) is 0 Å². The minimum Gasteiger partial charge on any atom is -0.484 e. The van der Waals surface area contributed by atoms with E-state index in [-0.39, 0.29) is 17.9 Å². The molecule has 0 spiro atoms. The molecule has 3 aromatic rings. The molecular weight excluding hydrogens is 525 g/mol. The molecule has 1 unspecified atom stereocenters. The molecule has 2 N–H and O–H groups in total. The molecule has 4 heterocycles. The lowest BCUT2D eigenvalue weighted by atomic mass is 9.82. The van der Waals surface area contributed by atoms with Crippen LogP contribution in [0.4, 0.5) is 4.39 Å². The van der Waals surface area contributed by atoms with Crippen molar-refractivity contribution >= 4 is 0 Å². The van der Waals surface area contributed by atoms with Crippen molar-refractivity contribution in [3.8, 4) is 22.8 Å². The number of fused-ring (bicyclic) bond motifs is 1. The smallest absolute Gasteiger partial charge is 0.213 e. The zero-order chi connectivity index (χ0) is 28.5. The molecular formula is C32H38FN3O5. The number of hydrogen-bond acceptors (Lipinski definition) is 8. The van der Waals surface area contributed by atoms with Crippen LogP contribution in [0.1, 0.15) is 60.7 Å². The predicted molar refractivity (Wildman–Crippen MR) is 151 cm³/mol. The van der Waals surface area contributed by atoms with Crippen molar-refractivity contribution in [3.63, 3.8) is 0 Å². The van der Waals surface area contributed by atoms with E-state index in [1.165, 1.54) is 13.3 Å². The van der Waals surface area contributed by atoms with Gasteiger partial charge in [-0.05, 0) is 60.8 Å². The molecule has 8 nitrogen and oxygen atoms in total. The summed E-state index contributed by atoms with van der Waals surface area (Å²) in [6, 6.07) is 11.8. The molecule has 2 aliphatic heterocycles. The Bertz CT molecular complexity index is 1380. The third-order valence-corrected chi connectivity index (χ3v) is 8.72. The maximum atomic E-state index is 15.0. The maximum Gasteiger partial charge on any atom is 0.213 e. The first-order chi connectivity index (χ1) is 19.9. The highest BCUT2D eigenvalue weighted by Gasteiger charge is 2.38. The highest BCUT2D eigenvalue weighted by molar-refractivity contribution is 5.67. The summed E-state index contributed by atoms with van der Waals surface area (Å²) < 4.78 is 32.4. The van der Waals surface area contributed by atoms with Gasteiger partial charge in [0.2, 0.25) is 5.88 Å². The molecule has 6 rings (SSSR count). The van der Waals surface area contributed by atoms with Crippen molar-refractivity contribution in [1.29, 1.82) is 0 Å². The Kier molecular flexibility index (Phi) is 8.21. The first-order valence-corrected chi connectivity index (χ1v) is 14.6. The highest BCUT2D eigenvalue weighted by Crippen LogP contribution is 2.49. The van der Waals surface area contributed by atoms with Gasteiger partial charge in [-0.1, -0.05) is 25.1 Å². The number of nitrogens with zero attached hydrogens (tertiary/aromatic N) is 3. The lowest BCUT2D eigenvalue weighted by Gasteiger charge is -2.30. The Morgan fingerprint density at radius 2 is 1.88 bits per heavy atom. The van der Waals surface area contributed by atoms with Gasteiger partial charge in [-0.2, -0.15) is 0 Å². The number of aliphatic hydroxyl groups excluding tert-OH is 1. The molecule has 41 heavy (non-hydrogen) atoms. The van der Waals surface area contributed by atoms with Gasteiger partial charge in [0.1, 0.15) is 17.7 Å². The van der Waals surface area contributed by atoms with Crippen LogP contribution in [0.25, 0.3) is 11.1 Å². The summed E-state index contributed by atoms with van der Waals surface area (Å²) in [5, 5.41) is 19.8. The zero-order valence-corrected chi connectivity index (χ0v) is 23.6. The summed E-state index contributed by atoms with van der Waals surface area (Å²) in [6.45, 7) is 5.35. The van der Waals surface area contributed by atoms with E-state index in [4.69, 9.17) is 19.2 Å². The van der Waals surface area contributed by atoms with E-state index in [1.807, 2.05) is 19.1 Å². The van der Waals surface area contributed by atoms with Gasteiger partial charge < -0.3 is 24.4 Å². The van der Waals surface area contributed by atoms with Crippen LogP contribution in [0.15, 0.2) is 42.6 Å². The number of benzene rings is 1. The number of pyridine rings is 2. The van der Waals surface area contributed by atoms with Gasteiger partial charge in [0.15, 0.2) is 6.29 Å². The van der Waals surface area contributed by atoms with Crippen LogP contribution in [0.3, 0.4) is 0 Å². The monoisotopic (exact) mass is 563 g/mol. The fraction of sp³-hybridized carbons (Fsp3) is 0.500. The summed E-state index contributed by atoms with van der Waals surface area (Å²) in [6.07, 6.45) is 3.43.